The first kappa shape index (κ1) is 23.5. The quantitative estimate of drug-likeness (QED) is 0.284. The molecular formula is C16H33N2O2PS2. The van der Waals surface area contributed by atoms with Crippen molar-refractivity contribution in [2.45, 2.75) is 84.7 Å². The van der Waals surface area contributed by atoms with E-state index >= 15 is 0 Å². The Hall–Kier alpha value is 0.500. The van der Waals surface area contributed by atoms with Crippen molar-refractivity contribution in [2.24, 2.45) is 0 Å². The van der Waals surface area contributed by atoms with E-state index in [-0.39, 0.29) is 6.10 Å². The van der Waals surface area contributed by atoms with Crippen LogP contribution in [0.3, 0.4) is 0 Å². The largest absolute Gasteiger partial charge is 0.321 e. The number of nitrogens with zero attached hydrogens (tertiary/aromatic N) is 2. The summed E-state index contributed by atoms with van der Waals surface area (Å²) in [6, 6.07) is 2.86. The van der Waals surface area contributed by atoms with Gasteiger partial charge in [-0.25, -0.2) is 4.67 Å². The van der Waals surface area contributed by atoms with E-state index < -0.39 is 8.53 Å². The van der Waals surface area contributed by atoms with E-state index in [2.05, 4.69) is 45.4 Å². The molecule has 0 radical (unpaired) electrons. The fourth-order valence-corrected chi connectivity index (χ4v) is 7.31. The third kappa shape index (κ3) is 8.43. The average molecular weight is 381 g/mol. The van der Waals surface area contributed by atoms with E-state index in [1.165, 1.54) is 0 Å². The van der Waals surface area contributed by atoms with Gasteiger partial charge in [-0.2, -0.15) is 5.26 Å². The Morgan fingerprint density at radius 2 is 1.87 bits per heavy atom. The maximum atomic E-state index is 8.72. The van der Waals surface area contributed by atoms with Gasteiger partial charge in [-0.3, -0.25) is 0 Å². The normalized spacial score (nSPS) is 22.1. The lowest BCUT2D eigenvalue weighted by Gasteiger charge is -2.37. The zero-order valence-corrected chi connectivity index (χ0v) is 18.1. The molecular weight excluding hydrogens is 347 g/mol. The molecule has 7 heteroatoms. The number of rotatable bonds is 9. The molecule has 1 aliphatic rings. The summed E-state index contributed by atoms with van der Waals surface area (Å²) in [5.41, 5.74) is 0. The maximum Gasteiger partial charge on any atom is 0.259 e. The molecule has 1 rings (SSSR count). The highest BCUT2D eigenvalue weighted by Crippen LogP contribution is 2.51. The first-order valence-electron chi connectivity index (χ1n) is 8.54. The Bertz CT molecular complexity index is 333. The lowest BCUT2D eigenvalue weighted by Crippen LogP contribution is -2.36. The summed E-state index contributed by atoms with van der Waals surface area (Å²) < 4.78 is 14.6. The highest BCUT2D eigenvalue weighted by atomic mass is 33.1. The zero-order chi connectivity index (χ0) is 17.8. The molecule has 0 aliphatic carbocycles. The summed E-state index contributed by atoms with van der Waals surface area (Å²) in [6.45, 7) is 15.3. The molecule has 0 saturated carbocycles. The van der Waals surface area contributed by atoms with Gasteiger partial charge in [0, 0.05) is 23.1 Å². The summed E-state index contributed by atoms with van der Waals surface area (Å²) >= 11 is 0. The van der Waals surface area contributed by atoms with Gasteiger partial charge < -0.3 is 9.05 Å². The van der Waals surface area contributed by atoms with Gasteiger partial charge in [-0.1, -0.05) is 42.4 Å². The molecule has 0 aromatic rings. The SMILES string of the molecule is CC.CCC1SSCC1OP(OCCC#N)N(C(C)C)C(C)C. The standard InChI is InChI=1S/C14H27N2O2PS2.C2H6/c1-6-14-13(10-20-21-14)18-19(17-9-7-8-15)16(11(2)3)12(4)5;1-2/h11-14H,6-7,9-10H2,1-5H3;1-2H3. The number of hydrogen-bond acceptors (Lipinski definition) is 6. The molecule has 0 spiro atoms. The van der Waals surface area contributed by atoms with Crippen molar-refractivity contribution in [3.63, 3.8) is 0 Å². The smallest absolute Gasteiger partial charge is 0.259 e. The Morgan fingerprint density at radius 1 is 1.26 bits per heavy atom. The summed E-state index contributed by atoms with van der Waals surface area (Å²) in [7, 11) is 2.71. The highest BCUT2D eigenvalue weighted by molar-refractivity contribution is 8.77. The van der Waals surface area contributed by atoms with Crippen molar-refractivity contribution in [3.05, 3.63) is 0 Å². The van der Waals surface area contributed by atoms with Gasteiger partial charge in [0.2, 0.25) is 0 Å². The molecule has 3 atom stereocenters. The molecule has 1 saturated heterocycles. The van der Waals surface area contributed by atoms with Gasteiger partial charge in [0.15, 0.2) is 0 Å². The first-order valence-corrected chi connectivity index (χ1v) is 12.1. The molecule has 3 unspecified atom stereocenters. The van der Waals surface area contributed by atoms with E-state index in [0.717, 1.165) is 12.2 Å². The molecule has 0 aromatic heterocycles. The number of nitriles is 1. The fourth-order valence-electron chi connectivity index (χ4n) is 2.20. The van der Waals surface area contributed by atoms with Crippen molar-refractivity contribution < 1.29 is 9.05 Å². The van der Waals surface area contributed by atoms with Gasteiger partial charge >= 0.3 is 0 Å². The fraction of sp³-hybridized carbons (Fsp3) is 0.938. The van der Waals surface area contributed by atoms with Gasteiger partial charge in [0.05, 0.1) is 25.2 Å². The van der Waals surface area contributed by atoms with Crippen LogP contribution in [0.5, 0.6) is 0 Å². The van der Waals surface area contributed by atoms with Gasteiger partial charge in [-0.05, 0) is 34.1 Å². The van der Waals surface area contributed by atoms with Crippen molar-refractivity contribution in [1.29, 1.82) is 5.26 Å². The van der Waals surface area contributed by atoms with Gasteiger partial charge in [-0.15, -0.1) is 0 Å². The third-order valence-electron chi connectivity index (χ3n) is 3.13. The van der Waals surface area contributed by atoms with Crippen molar-refractivity contribution >= 4 is 30.1 Å². The predicted octanol–water partition coefficient (Wildman–Crippen LogP) is 5.85. The minimum absolute atomic E-state index is 0.248. The Morgan fingerprint density at radius 3 is 2.35 bits per heavy atom. The van der Waals surface area contributed by atoms with Crippen LogP contribution in [0.4, 0.5) is 0 Å². The van der Waals surface area contributed by atoms with Crippen LogP contribution in [0, 0.1) is 11.3 Å². The molecule has 0 N–H and O–H groups in total. The summed E-state index contributed by atoms with van der Waals surface area (Å²) in [4.78, 5) is 0. The van der Waals surface area contributed by atoms with E-state index in [4.69, 9.17) is 14.3 Å². The molecule has 0 amide bonds. The van der Waals surface area contributed by atoms with Crippen LogP contribution in [0.15, 0.2) is 0 Å². The molecule has 23 heavy (non-hydrogen) atoms. The van der Waals surface area contributed by atoms with Crippen LogP contribution < -0.4 is 0 Å². The second-order valence-electron chi connectivity index (χ2n) is 5.52. The predicted molar refractivity (Wildman–Crippen MR) is 106 cm³/mol. The highest BCUT2D eigenvalue weighted by Gasteiger charge is 2.35. The van der Waals surface area contributed by atoms with Crippen LogP contribution in [0.2, 0.25) is 0 Å². The molecule has 136 valence electrons. The molecule has 1 aliphatic heterocycles. The third-order valence-corrected chi connectivity index (χ3v) is 8.33. The van der Waals surface area contributed by atoms with Crippen molar-refractivity contribution in [1.82, 2.24) is 4.67 Å². The van der Waals surface area contributed by atoms with Crippen LogP contribution in [-0.2, 0) is 9.05 Å². The summed E-state index contributed by atoms with van der Waals surface area (Å²) in [6.07, 6.45) is 1.78. The second-order valence-corrected chi connectivity index (χ2v) is 9.58. The van der Waals surface area contributed by atoms with Crippen molar-refractivity contribution in [2.75, 3.05) is 12.4 Å². The van der Waals surface area contributed by atoms with E-state index in [1.807, 2.05) is 35.4 Å². The monoisotopic (exact) mass is 380 g/mol. The minimum atomic E-state index is -1.10. The first-order chi connectivity index (χ1) is 11.0. The Labute approximate surface area is 152 Å². The zero-order valence-electron chi connectivity index (χ0n) is 15.6. The average Bonchev–Trinajstić information content (AvgIpc) is 2.96. The topological polar surface area (TPSA) is 45.5 Å². The molecule has 4 nitrogen and oxygen atoms in total. The van der Waals surface area contributed by atoms with Crippen molar-refractivity contribution in [3.8, 4) is 6.07 Å². The Kier molecular flexibility index (Phi) is 14.1. The van der Waals surface area contributed by atoms with Gasteiger partial charge in [0.25, 0.3) is 8.53 Å². The lowest BCUT2D eigenvalue weighted by atomic mass is 10.2. The molecule has 0 aromatic carbocycles. The maximum absolute atomic E-state index is 8.72. The van der Waals surface area contributed by atoms with Crippen LogP contribution in [0.25, 0.3) is 0 Å². The molecule has 1 heterocycles. The van der Waals surface area contributed by atoms with E-state index in [0.29, 0.717) is 30.4 Å². The summed E-state index contributed by atoms with van der Waals surface area (Å²) in [5.74, 6) is 1.02. The minimum Gasteiger partial charge on any atom is -0.321 e. The summed E-state index contributed by atoms with van der Waals surface area (Å²) in [5, 5.41) is 9.26. The second kappa shape index (κ2) is 13.8. The molecule has 1 fully saturated rings. The van der Waals surface area contributed by atoms with Crippen LogP contribution in [0.1, 0.15) is 61.3 Å². The van der Waals surface area contributed by atoms with E-state index in [9.17, 15) is 0 Å². The van der Waals surface area contributed by atoms with Crippen LogP contribution in [-0.4, -0.2) is 40.5 Å². The lowest BCUT2D eigenvalue weighted by molar-refractivity contribution is 0.142. The molecule has 0 bridgehead atoms. The van der Waals surface area contributed by atoms with Crippen LogP contribution >= 0.6 is 30.1 Å². The van der Waals surface area contributed by atoms with Gasteiger partial charge in [0.1, 0.15) is 0 Å². The van der Waals surface area contributed by atoms with E-state index in [1.54, 1.807) is 0 Å². The number of hydrogen-bond donors (Lipinski definition) is 0. The Balaban J connectivity index is 0.00000232.